The Hall–Kier alpha value is -0.580. The largest absolute Gasteiger partial charge is 0.493 e. The molecule has 19 heavy (non-hydrogen) atoms. The van der Waals surface area contributed by atoms with Crippen LogP contribution in [0.4, 0.5) is 0 Å². The molecular formula is C15H29N3O. The van der Waals surface area contributed by atoms with Crippen LogP contribution in [-0.2, 0) is 4.74 Å². The standard InChI is InChI=1S/C15H29N3O/c1-5-6-7-14(17)8-12-10(3)19-11(4)15(12,18)13(16)9(14)2/h9,11-13H,3,5-8,16-18H2,1-2,4H3/t9?,11-,12+,13-,14?,15?/m1/s1. The van der Waals surface area contributed by atoms with Crippen LogP contribution in [-0.4, -0.2) is 23.2 Å². The zero-order chi connectivity index (χ0) is 14.4. The molecule has 0 aromatic carbocycles. The Bertz CT molecular complexity index is 372. The SMILES string of the molecule is C=C1O[C@H](C)C2(N)[C@H](N)C(C)C(N)(CCCC)C[C@@H]12. The zero-order valence-electron chi connectivity index (χ0n) is 12.5. The van der Waals surface area contributed by atoms with Gasteiger partial charge in [0.2, 0.25) is 0 Å². The Labute approximate surface area is 116 Å². The fourth-order valence-electron chi connectivity index (χ4n) is 3.96. The van der Waals surface area contributed by atoms with Gasteiger partial charge in [0.25, 0.3) is 0 Å². The van der Waals surface area contributed by atoms with Crippen molar-refractivity contribution in [2.45, 2.75) is 69.7 Å². The quantitative estimate of drug-likeness (QED) is 0.723. The fourth-order valence-corrected chi connectivity index (χ4v) is 3.96. The van der Waals surface area contributed by atoms with Gasteiger partial charge < -0.3 is 21.9 Å². The van der Waals surface area contributed by atoms with Gasteiger partial charge in [0.05, 0.1) is 11.3 Å². The molecule has 2 aliphatic rings. The third-order valence-electron chi connectivity index (χ3n) is 5.63. The van der Waals surface area contributed by atoms with Gasteiger partial charge in [0.15, 0.2) is 0 Å². The molecule has 0 amide bonds. The highest BCUT2D eigenvalue weighted by Gasteiger charge is 2.61. The van der Waals surface area contributed by atoms with Crippen molar-refractivity contribution in [2.24, 2.45) is 29.0 Å². The van der Waals surface area contributed by atoms with Crippen molar-refractivity contribution in [3.63, 3.8) is 0 Å². The van der Waals surface area contributed by atoms with Gasteiger partial charge in [0.1, 0.15) is 6.10 Å². The highest BCUT2D eigenvalue weighted by molar-refractivity contribution is 5.25. The van der Waals surface area contributed by atoms with Gasteiger partial charge in [-0.15, -0.1) is 0 Å². The molecule has 0 aromatic heterocycles. The average molecular weight is 267 g/mol. The van der Waals surface area contributed by atoms with Gasteiger partial charge in [-0.1, -0.05) is 33.3 Å². The van der Waals surface area contributed by atoms with Gasteiger partial charge in [-0.25, -0.2) is 0 Å². The predicted octanol–water partition coefficient (Wildman–Crippen LogP) is 1.49. The average Bonchev–Trinajstić information content (AvgIpc) is 2.58. The lowest BCUT2D eigenvalue weighted by atomic mass is 9.57. The summed E-state index contributed by atoms with van der Waals surface area (Å²) in [5.41, 5.74) is 19.0. The molecule has 2 rings (SSSR count). The maximum absolute atomic E-state index is 6.67. The topological polar surface area (TPSA) is 87.3 Å². The lowest BCUT2D eigenvalue weighted by Crippen LogP contribution is -2.74. The van der Waals surface area contributed by atoms with E-state index < -0.39 is 5.54 Å². The number of rotatable bonds is 3. The Balaban J connectivity index is 2.30. The maximum atomic E-state index is 6.67. The highest BCUT2D eigenvalue weighted by atomic mass is 16.5. The van der Waals surface area contributed by atoms with Crippen LogP contribution in [0, 0.1) is 11.8 Å². The molecule has 0 bridgehead atoms. The van der Waals surface area contributed by atoms with Crippen LogP contribution in [0.3, 0.4) is 0 Å². The molecule has 6 atom stereocenters. The first-order valence-electron chi connectivity index (χ1n) is 7.46. The maximum Gasteiger partial charge on any atom is 0.116 e. The van der Waals surface area contributed by atoms with Gasteiger partial charge >= 0.3 is 0 Å². The van der Waals surface area contributed by atoms with E-state index in [9.17, 15) is 0 Å². The molecule has 1 aliphatic carbocycles. The molecule has 0 spiro atoms. The monoisotopic (exact) mass is 267 g/mol. The first kappa shape index (κ1) is 14.8. The van der Waals surface area contributed by atoms with Gasteiger partial charge in [-0.2, -0.15) is 0 Å². The van der Waals surface area contributed by atoms with Crippen LogP contribution in [0.5, 0.6) is 0 Å². The van der Waals surface area contributed by atoms with Crippen molar-refractivity contribution < 1.29 is 4.74 Å². The Morgan fingerprint density at radius 3 is 2.58 bits per heavy atom. The minimum Gasteiger partial charge on any atom is -0.493 e. The van der Waals surface area contributed by atoms with Crippen LogP contribution >= 0.6 is 0 Å². The van der Waals surface area contributed by atoms with Crippen molar-refractivity contribution >= 4 is 0 Å². The molecule has 1 saturated heterocycles. The number of fused-ring (bicyclic) bond motifs is 1. The molecule has 1 heterocycles. The van der Waals surface area contributed by atoms with E-state index in [0.717, 1.165) is 31.4 Å². The van der Waals surface area contributed by atoms with E-state index in [1.165, 1.54) is 0 Å². The highest BCUT2D eigenvalue weighted by Crippen LogP contribution is 2.50. The lowest BCUT2D eigenvalue weighted by Gasteiger charge is -2.53. The zero-order valence-corrected chi connectivity index (χ0v) is 12.5. The first-order chi connectivity index (χ1) is 8.77. The molecule has 3 unspecified atom stereocenters. The molecule has 0 radical (unpaired) electrons. The number of hydrogen-bond acceptors (Lipinski definition) is 4. The minimum atomic E-state index is -0.522. The van der Waals surface area contributed by atoms with Gasteiger partial charge in [-0.3, -0.25) is 0 Å². The fraction of sp³-hybridized carbons (Fsp3) is 0.867. The van der Waals surface area contributed by atoms with E-state index in [-0.39, 0.29) is 29.5 Å². The van der Waals surface area contributed by atoms with Crippen molar-refractivity contribution in [3.05, 3.63) is 12.3 Å². The van der Waals surface area contributed by atoms with Crippen LogP contribution < -0.4 is 17.2 Å². The Morgan fingerprint density at radius 1 is 1.37 bits per heavy atom. The molecule has 1 saturated carbocycles. The van der Waals surface area contributed by atoms with Crippen LogP contribution in [0.15, 0.2) is 12.3 Å². The van der Waals surface area contributed by atoms with Crippen molar-refractivity contribution in [2.75, 3.05) is 0 Å². The summed E-state index contributed by atoms with van der Waals surface area (Å²) in [6.07, 6.45) is 4.01. The number of hydrogen-bond donors (Lipinski definition) is 3. The summed E-state index contributed by atoms with van der Waals surface area (Å²) in [5, 5.41) is 0. The van der Waals surface area contributed by atoms with E-state index in [1.807, 2.05) is 6.92 Å². The molecule has 4 nitrogen and oxygen atoms in total. The summed E-state index contributed by atoms with van der Waals surface area (Å²) >= 11 is 0. The lowest BCUT2D eigenvalue weighted by molar-refractivity contribution is 0.0406. The van der Waals surface area contributed by atoms with Crippen LogP contribution in [0.1, 0.15) is 46.5 Å². The van der Waals surface area contributed by atoms with Crippen LogP contribution in [0.25, 0.3) is 0 Å². The molecule has 6 N–H and O–H groups in total. The van der Waals surface area contributed by atoms with Crippen molar-refractivity contribution in [1.29, 1.82) is 0 Å². The molecule has 110 valence electrons. The summed E-state index contributed by atoms with van der Waals surface area (Å²) in [5.74, 6) is 1.04. The molecule has 0 aromatic rings. The molecule has 4 heteroatoms. The number of unbranched alkanes of at least 4 members (excludes halogenated alkanes) is 1. The van der Waals surface area contributed by atoms with Gasteiger partial charge in [0, 0.05) is 17.5 Å². The summed E-state index contributed by atoms with van der Waals surface area (Å²) in [7, 11) is 0. The normalized spacial score (nSPS) is 49.9. The van der Waals surface area contributed by atoms with E-state index in [0.29, 0.717) is 0 Å². The third-order valence-corrected chi connectivity index (χ3v) is 5.63. The van der Waals surface area contributed by atoms with Crippen LogP contribution in [0.2, 0.25) is 0 Å². The Kier molecular flexibility index (Phi) is 3.71. The van der Waals surface area contributed by atoms with E-state index >= 15 is 0 Å². The second-order valence-corrected chi connectivity index (χ2v) is 6.63. The summed E-state index contributed by atoms with van der Waals surface area (Å²) in [6.45, 7) is 10.3. The summed E-state index contributed by atoms with van der Waals surface area (Å²) in [6, 6.07) is -0.151. The Morgan fingerprint density at radius 2 is 2.00 bits per heavy atom. The first-order valence-corrected chi connectivity index (χ1v) is 7.46. The number of ether oxygens (including phenoxy) is 1. The van der Waals surface area contributed by atoms with Crippen molar-refractivity contribution in [1.82, 2.24) is 0 Å². The van der Waals surface area contributed by atoms with E-state index in [4.69, 9.17) is 21.9 Å². The smallest absolute Gasteiger partial charge is 0.116 e. The van der Waals surface area contributed by atoms with E-state index in [1.54, 1.807) is 0 Å². The second-order valence-electron chi connectivity index (χ2n) is 6.63. The minimum absolute atomic E-state index is 0.0792. The van der Waals surface area contributed by atoms with Crippen molar-refractivity contribution in [3.8, 4) is 0 Å². The number of nitrogens with two attached hydrogens (primary N) is 3. The molecule has 1 aliphatic heterocycles. The molecular weight excluding hydrogens is 238 g/mol. The third kappa shape index (κ3) is 2.01. The second kappa shape index (κ2) is 4.76. The van der Waals surface area contributed by atoms with Gasteiger partial charge in [-0.05, 0) is 25.7 Å². The van der Waals surface area contributed by atoms with E-state index in [2.05, 4.69) is 20.4 Å². The molecule has 2 fully saturated rings. The summed E-state index contributed by atoms with van der Waals surface area (Å²) < 4.78 is 5.77. The summed E-state index contributed by atoms with van der Waals surface area (Å²) in [4.78, 5) is 0. The predicted molar refractivity (Wildman–Crippen MR) is 78.3 cm³/mol.